The molecule has 4 nitrogen and oxygen atoms in total. The maximum atomic E-state index is 12.1. The van der Waals surface area contributed by atoms with Gasteiger partial charge in [-0.2, -0.15) is 0 Å². The van der Waals surface area contributed by atoms with Crippen LogP contribution in [0.25, 0.3) is 0 Å². The first-order valence-corrected chi connectivity index (χ1v) is 9.42. The lowest BCUT2D eigenvalue weighted by atomic mass is 9.92. The smallest absolute Gasteiger partial charge is 0.408 e. The minimum absolute atomic E-state index is 0.236. The Labute approximate surface area is 144 Å². The fraction of sp³-hybridized carbons (Fsp3) is 0.947. The Balaban J connectivity index is 4.39. The van der Waals surface area contributed by atoms with Gasteiger partial charge < -0.3 is 15.4 Å². The second kappa shape index (κ2) is 10.9. The number of hydrogen-bond donors (Lipinski definition) is 2. The SMILES string of the molecule is CCCCCCC(C)NCC(CC)(CC)NC(=O)OC(C)(C)C. The minimum atomic E-state index is -0.461. The molecule has 0 aliphatic carbocycles. The second-order valence-electron chi connectivity index (χ2n) is 7.75. The van der Waals surface area contributed by atoms with Crippen LogP contribution in [0.4, 0.5) is 4.79 Å². The van der Waals surface area contributed by atoms with E-state index in [4.69, 9.17) is 4.74 Å². The van der Waals surface area contributed by atoms with E-state index in [0.29, 0.717) is 6.04 Å². The number of carbonyl (C=O) groups excluding carboxylic acids is 1. The van der Waals surface area contributed by atoms with Crippen LogP contribution in [0, 0.1) is 0 Å². The average Bonchev–Trinajstić information content (AvgIpc) is 2.46. The van der Waals surface area contributed by atoms with Gasteiger partial charge in [0.25, 0.3) is 0 Å². The van der Waals surface area contributed by atoms with E-state index in [9.17, 15) is 4.79 Å². The van der Waals surface area contributed by atoms with Gasteiger partial charge in [0.1, 0.15) is 5.60 Å². The third kappa shape index (κ3) is 10.6. The number of alkyl carbamates (subject to hydrolysis) is 1. The van der Waals surface area contributed by atoms with Crippen molar-refractivity contribution < 1.29 is 9.53 Å². The highest BCUT2D eigenvalue weighted by Crippen LogP contribution is 2.17. The Hall–Kier alpha value is -0.770. The van der Waals surface area contributed by atoms with Gasteiger partial charge >= 0.3 is 6.09 Å². The van der Waals surface area contributed by atoms with Crippen molar-refractivity contribution in [1.82, 2.24) is 10.6 Å². The van der Waals surface area contributed by atoms with Crippen LogP contribution >= 0.6 is 0 Å². The zero-order valence-electron chi connectivity index (χ0n) is 16.6. The number of nitrogens with one attached hydrogen (secondary N) is 2. The summed E-state index contributed by atoms with van der Waals surface area (Å²) in [5, 5.41) is 6.69. The predicted molar refractivity (Wildman–Crippen MR) is 98.9 cm³/mol. The highest BCUT2D eigenvalue weighted by atomic mass is 16.6. The third-order valence-corrected chi connectivity index (χ3v) is 4.40. The maximum absolute atomic E-state index is 12.1. The molecule has 138 valence electrons. The van der Waals surface area contributed by atoms with E-state index in [-0.39, 0.29) is 11.6 Å². The summed E-state index contributed by atoms with van der Waals surface area (Å²) >= 11 is 0. The summed E-state index contributed by atoms with van der Waals surface area (Å²) < 4.78 is 5.42. The summed E-state index contributed by atoms with van der Waals surface area (Å²) in [5.41, 5.74) is -0.697. The number of amides is 1. The fourth-order valence-electron chi connectivity index (χ4n) is 2.59. The first-order chi connectivity index (χ1) is 10.7. The zero-order valence-corrected chi connectivity index (χ0v) is 16.6. The fourth-order valence-corrected chi connectivity index (χ4v) is 2.59. The van der Waals surface area contributed by atoms with Gasteiger partial charge in [-0.25, -0.2) is 4.79 Å². The molecule has 2 N–H and O–H groups in total. The van der Waals surface area contributed by atoms with Crippen LogP contribution in [0.15, 0.2) is 0 Å². The van der Waals surface area contributed by atoms with Gasteiger partial charge in [0, 0.05) is 12.6 Å². The Morgan fingerprint density at radius 3 is 2.13 bits per heavy atom. The van der Waals surface area contributed by atoms with E-state index in [1.165, 1.54) is 32.1 Å². The van der Waals surface area contributed by atoms with Crippen molar-refractivity contribution in [2.45, 2.75) is 111 Å². The molecule has 0 saturated heterocycles. The summed E-state index contributed by atoms with van der Waals surface area (Å²) in [6.45, 7) is 15.2. The molecule has 1 amide bonds. The molecule has 0 bridgehead atoms. The number of ether oxygens (including phenoxy) is 1. The number of unbranched alkanes of at least 4 members (excludes halogenated alkanes) is 3. The third-order valence-electron chi connectivity index (χ3n) is 4.40. The molecule has 1 unspecified atom stereocenters. The lowest BCUT2D eigenvalue weighted by Crippen LogP contribution is -2.56. The Morgan fingerprint density at radius 1 is 1.04 bits per heavy atom. The van der Waals surface area contributed by atoms with Crippen molar-refractivity contribution in [3.05, 3.63) is 0 Å². The molecule has 1 atom stereocenters. The quantitative estimate of drug-likeness (QED) is 0.524. The van der Waals surface area contributed by atoms with E-state index in [1.54, 1.807) is 0 Å². The van der Waals surface area contributed by atoms with Crippen molar-refractivity contribution in [2.24, 2.45) is 0 Å². The molecule has 0 fully saturated rings. The van der Waals surface area contributed by atoms with E-state index >= 15 is 0 Å². The van der Waals surface area contributed by atoms with Gasteiger partial charge in [-0.05, 0) is 47.0 Å². The van der Waals surface area contributed by atoms with Crippen molar-refractivity contribution in [3.63, 3.8) is 0 Å². The molecule has 0 saturated carbocycles. The molecular weight excluding hydrogens is 288 g/mol. The molecule has 0 aliphatic rings. The zero-order chi connectivity index (χ0) is 17.9. The number of hydrogen-bond acceptors (Lipinski definition) is 3. The Bertz CT molecular complexity index is 320. The first-order valence-electron chi connectivity index (χ1n) is 9.42. The van der Waals surface area contributed by atoms with E-state index in [2.05, 4.69) is 38.3 Å². The molecule has 0 aliphatic heterocycles. The molecule has 0 spiro atoms. The van der Waals surface area contributed by atoms with Crippen LogP contribution in [0.3, 0.4) is 0 Å². The molecular formula is C19H40N2O2. The second-order valence-corrected chi connectivity index (χ2v) is 7.75. The van der Waals surface area contributed by atoms with Crippen molar-refractivity contribution in [3.8, 4) is 0 Å². The topological polar surface area (TPSA) is 50.4 Å². The van der Waals surface area contributed by atoms with E-state index in [1.807, 2.05) is 20.8 Å². The van der Waals surface area contributed by atoms with Crippen LogP contribution < -0.4 is 10.6 Å². The average molecular weight is 329 g/mol. The molecule has 0 aromatic heterocycles. The Kier molecular flexibility index (Phi) is 10.5. The lowest BCUT2D eigenvalue weighted by Gasteiger charge is -2.35. The highest BCUT2D eigenvalue weighted by Gasteiger charge is 2.30. The monoisotopic (exact) mass is 328 g/mol. The molecule has 0 aromatic carbocycles. The molecule has 0 rings (SSSR count). The predicted octanol–water partition coefficient (Wildman–Crippen LogP) is 5.02. The summed E-state index contributed by atoms with van der Waals surface area (Å²) in [5.74, 6) is 0. The highest BCUT2D eigenvalue weighted by molar-refractivity contribution is 5.68. The summed E-state index contributed by atoms with van der Waals surface area (Å²) in [4.78, 5) is 12.1. The summed E-state index contributed by atoms with van der Waals surface area (Å²) in [6, 6.07) is 0.477. The molecule has 4 heteroatoms. The van der Waals surface area contributed by atoms with Crippen LogP contribution in [0.2, 0.25) is 0 Å². The van der Waals surface area contributed by atoms with Gasteiger partial charge in [-0.3, -0.25) is 0 Å². The maximum Gasteiger partial charge on any atom is 0.408 e. The lowest BCUT2D eigenvalue weighted by molar-refractivity contribution is 0.0444. The molecule has 0 aromatic rings. The number of rotatable bonds is 11. The van der Waals surface area contributed by atoms with E-state index < -0.39 is 5.60 Å². The summed E-state index contributed by atoms with van der Waals surface area (Å²) in [6.07, 6.45) is 7.82. The van der Waals surface area contributed by atoms with Crippen molar-refractivity contribution in [2.75, 3.05) is 6.54 Å². The van der Waals surface area contributed by atoms with Gasteiger partial charge in [-0.1, -0.05) is 46.5 Å². The standard InChI is InChI=1S/C19H40N2O2/c1-8-11-12-13-14-16(4)20-15-19(9-2,10-3)21-17(22)23-18(5,6)7/h16,20H,8-15H2,1-7H3,(H,21,22). The van der Waals surface area contributed by atoms with Gasteiger partial charge in [0.05, 0.1) is 5.54 Å². The van der Waals surface area contributed by atoms with Crippen LogP contribution in [0.5, 0.6) is 0 Å². The van der Waals surface area contributed by atoms with Crippen LogP contribution in [-0.2, 0) is 4.74 Å². The molecule has 0 radical (unpaired) electrons. The Morgan fingerprint density at radius 2 is 1.65 bits per heavy atom. The van der Waals surface area contributed by atoms with Gasteiger partial charge in [0.15, 0.2) is 0 Å². The van der Waals surface area contributed by atoms with E-state index in [0.717, 1.165) is 19.4 Å². The number of carbonyl (C=O) groups is 1. The first kappa shape index (κ1) is 22.2. The molecule has 0 heterocycles. The molecule has 23 heavy (non-hydrogen) atoms. The normalized spacial score (nSPS) is 13.7. The van der Waals surface area contributed by atoms with Crippen LogP contribution in [-0.4, -0.2) is 29.8 Å². The van der Waals surface area contributed by atoms with Gasteiger partial charge in [0.2, 0.25) is 0 Å². The minimum Gasteiger partial charge on any atom is -0.444 e. The largest absolute Gasteiger partial charge is 0.444 e. The van der Waals surface area contributed by atoms with Crippen molar-refractivity contribution in [1.29, 1.82) is 0 Å². The summed E-state index contributed by atoms with van der Waals surface area (Å²) in [7, 11) is 0. The van der Waals surface area contributed by atoms with Crippen molar-refractivity contribution >= 4 is 6.09 Å². The van der Waals surface area contributed by atoms with Gasteiger partial charge in [-0.15, -0.1) is 0 Å². The van der Waals surface area contributed by atoms with Crippen LogP contribution in [0.1, 0.15) is 93.4 Å².